The van der Waals surface area contributed by atoms with Crippen molar-refractivity contribution < 1.29 is 4.39 Å². The van der Waals surface area contributed by atoms with Crippen molar-refractivity contribution in [2.45, 2.75) is 13.5 Å². The van der Waals surface area contributed by atoms with Gasteiger partial charge in [0.15, 0.2) is 4.77 Å². The molecule has 0 aliphatic rings. The van der Waals surface area contributed by atoms with Gasteiger partial charge in [0.05, 0.1) is 16.1 Å². The molecule has 0 unspecified atom stereocenters. The Bertz CT molecular complexity index is 627. The topological polar surface area (TPSA) is 20.7 Å². The first-order valence-corrected chi connectivity index (χ1v) is 5.49. The molecule has 0 radical (unpaired) electrons. The molecule has 0 amide bonds. The van der Waals surface area contributed by atoms with Gasteiger partial charge in [-0.3, -0.25) is 0 Å². The SMILES string of the molecule is C=C(C)Cn1c(=S)[nH]c2cc(Cl)c(F)cc21. The van der Waals surface area contributed by atoms with Gasteiger partial charge in [-0.25, -0.2) is 4.39 Å². The predicted octanol–water partition coefficient (Wildman–Crippen LogP) is 4.07. The number of nitrogens with zero attached hydrogens (tertiary/aromatic N) is 1. The van der Waals surface area contributed by atoms with Gasteiger partial charge in [-0.05, 0) is 25.2 Å². The molecule has 0 bridgehead atoms. The van der Waals surface area contributed by atoms with Crippen LogP contribution >= 0.6 is 23.8 Å². The number of aromatic amines is 1. The van der Waals surface area contributed by atoms with E-state index in [4.69, 9.17) is 23.8 Å². The lowest BCUT2D eigenvalue weighted by atomic mass is 10.3. The third-order valence-corrected chi connectivity index (χ3v) is 2.86. The maximum Gasteiger partial charge on any atom is 0.178 e. The van der Waals surface area contributed by atoms with Crippen LogP contribution in [0.4, 0.5) is 4.39 Å². The molecule has 1 heterocycles. The van der Waals surface area contributed by atoms with E-state index in [0.29, 0.717) is 16.8 Å². The van der Waals surface area contributed by atoms with Crippen LogP contribution in [0.2, 0.25) is 5.02 Å². The summed E-state index contributed by atoms with van der Waals surface area (Å²) in [5, 5.41) is 0.0891. The molecule has 0 saturated heterocycles. The minimum Gasteiger partial charge on any atom is -0.331 e. The van der Waals surface area contributed by atoms with Gasteiger partial charge >= 0.3 is 0 Å². The van der Waals surface area contributed by atoms with Crippen LogP contribution in [-0.4, -0.2) is 9.55 Å². The van der Waals surface area contributed by atoms with Gasteiger partial charge in [0, 0.05) is 12.6 Å². The van der Waals surface area contributed by atoms with Crippen molar-refractivity contribution >= 4 is 34.9 Å². The number of rotatable bonds is 2. The molecule has 16 heavy (non-hydrogen) atoms. The van der Waals surface area contributed by atoms with Crippen molar-refractivity contribution in [1.29, 1.82) is 0 Å². The van der Waals surface area contributed by atoms with Crippen LogP contribution in [-0.2, 0) is 6.54 Å². The summed E-state index contributed by atoms with van der Waals surface area (Å²) in [7, 11) is 0. The Balaban J connectivity index is 2.74. The summed E-state index contributed by atoms with van der Waals surface area (Å²) in [4.78, 5) is 2.99. The zero-order valence-corrected chi connectivity index (χ0v) is 10.3. The fourth-order valence-corrected chi connectivity index (χ4v) is 2.02. The number of halogens is 2. The molecular weight excluding hydrogens is 247 g/mol. The Kier molecular flexibility index (Phi) is 2.86. The van der Waals surface area contributed by atoms with E-state index in [-0.39, 0.29) is 5.02 Å². The van der Waals surface area contributed by atoms with Crippen LogP contribution in [0.25, 0.3) is 11.0 Å². The predicted molar refractivity (Wildman–Crippen MR) is 66.9 cm³/mol. The normalized spacial score (nSPS) is 10.9. The van der Waals surface area contributed by atoms with E-state index < -0.39 is 5.82 Å². The summed E-state index contributed by atoms with van der Waals surface area (Å²) in [6, 6.07) is 2.92. The second kappa shape index (κ2) is 4.03. The molecule has 0 spiro atoms. The number of H-pyrrole nitrogens is 1. The lowest BCUT2D eigenvalue weighted by Crippen LogP contribution is -1.98. The molecule has 0 saturated carbocycles. The number of allylic oxidation sites excluding steroid dienone is 1. The lowest BCUT2D eigenvalue weighted by Gasteiger charge is -2.03. The first-order valence-electron chi connectivity index (χ1n) is 4.71. The van der Waals surface area contributed by atoms with Crippen molar-refractivity contribution in [2.75, 3.05) is 0 Å². The van der Waals surface area contributed by atoms with E-state index in [1.165, 1.54) is 12.1 Å². The van der Waals surface area contributed by atoms with Gasteiger partial charge in [-0.15, -0.1) is 0 Å². The monoisotopic (exact) mass is 256 g/mol. The van der Waals surface area contributed by atoms with Crippen molar-refractivity contribution in [3.05, 3.63) is 39.9 Å². The number of benzene rings is 1. The fourth-order valence-electron chi connectivity index (χ4n) is 1.58. The first kappa shape index (κ1) is 11.4. The van der Waals surface area contributed by atoms with Crippen molar-refractivity contribution in [3.8, 4) is 0 Å². The molecule has 0 atom stereocenters. The Morgan fingerprint density at radius 3 is 2.94 bits per heavy atom. The highest BCUT2D eigenvalue weighted by Gasteiger charge is 2.08. The van der Waals surface area contributed by atoms with Crippen LogP contribution in [0.1, 0.15) is 6.92 Å². The Morgan fingerprint density at radius 1 is 1.62 bits per heavy atom. The number of nitrogens with one attached hydrogen (secondary N) is 1. The van der Waals surface area contributed by atoms with E-state index in [9.17, 15) is 4.39 Å². The summed E-state index contributed by atoms with van der Waals surface area (Å²) in [6.45, 7) is 6.28. The molecule has 2 rings (SSSR count). The van der Waals surface area contributed by atoms with E-state index in [1.807, 2.05) is 6.92 Å². The largest absolute Gasteiger partial charge is 0.331 e. The third kappa shape index (κ3) is 1.90. The molecule has 1 N–H and O–H groups in total. The van der Waals surface area contributed by atoms with E-state index >= 15 is 0 Å². The Hall–Kier alpha value is -1.13. The summed E-state index contributed by atoms with van der Waals surface area (Å²) < 4.78 is 15.7. The summed E-state index contributed by atoms with van der Waals surface area (Å²) >= 11 is 10.9. The molecule has 5 heteroatoms. The number of fused-ring (bicyclic) bond motifs is 1. The molecule has 1 aromatic heterocycles. The first-order chi connectivity index (χ1) is 7.49. The maximum absolute atomic E-state index is 13.4. The highest BCUT2D eigenvalue weighted by atomic mass is 35.5. The van der Waals surface area contributed by atoms with Gasteiger partial charge in [0.2, 0.25) is 0 Å². The zero-order valence-electron chi connectivity index (χ0n) is 8.68. The van der Waals surface area contributed by atoms with Gasteiger partial charge in [-0.2, -0.15) is 0 Å². The fraction of sp³-hybridized carbons (Fsp3) is 0.182. The van der Waals surface area contributed by atoms with Gasteiger partial charge in [0.1, 0.15) is 5.82 Å². The zero-order chi connectivity index (χ0) is 11.9. The second-order valence-corrected chi connectivity index (χ2v) is 4.55. The van der Waals surface area contributed by atoms with Crippen molar-refractivity contribution in [3.63, 3.8) is 0 Å². The molecule has 2 nitrogen and oxygen atoms in total. The molecular formula is C11H10ClFN2S. The number of aromatic nitrogens is 2. The van der Waals surface area contributed by atoms with Crippen LogP contribution in [0.5, 0.6) is 0 Å². The average Bonchev–Trinajstić information content (AvgIpc) is 2.45. The summed E-state index contributed by atoms with van der Waals surface area (Å²) in [5.41, 5.74) is 2.39. The van der Waals surface area contributed by atoms with Crippen LogP contribution in [0.15, 0.2) is 24.3 Å². The lowest BCUT2D eigenvalue weighted by molar-refractivity contribution is 0.628. The molecule has 84 valence electrons. The molecule has 0 fully saturated rings. The molecule has 0 aliphatic heterocycles. The molecule has 0 aliphatic carbocycles. The van der Waals surface area contributed by atoms with Crippen molar-refractivity contribution in [2.24, 2.45) is 0 Å². The quantitative estimate of drug-likeness (QED) is 0.635. The maximum atomic E-state index is 13.4. The van der Waals surface area contributed by atoms with Crippen LogP contribution in [0, 0.1) is 10.6 Å². The second-order valence-electron chi connectivity index (χ2n) is 3.76. The molecule has 2 aromatic rings. The highest BCUT2D eigenvalue weighted by molar-refractivity contribution is 7.71. The summed E-state index contributed by atoms with van der Waals surface area (Å²) in [6.07, 6.45) is 0. The van der Waals surface area contributed by atoms with Crippen LogP contribution < -0.4 is 0 Å². The minimum atomic E-state index is -0.446. The highest BCUT2D eigenvalue weighted by Crippen LogP contribution is 2.23. The number of hydrogen-bond acceptors (Lipinski definition) is 1. The smallest absolute Gasteiger partial charge is 0.178 e. The standard InChI is InChI=1S/C11H10ClFN2S/c1-6(2)5-15-10-4-8(13)7(12)3-9(10)14-11(15)16/h3-4H,1,5H2,2H3,(H,14,16). The van der Waals surface area contributed by atoms with E-state index in [1.54, 1.807) is 4.57 Å². The third-order valence-electron chi connectivity index (χ3n) is 2.24. The minimum absolute atomic E-state index is 0.0891. The average molecular weight is 257 g/mol. The molecule has 1 aromatic carbocycles. The van der Waals surface area contributed by atoms with Gasteiger partial charge in [0.25, 0.3) is 0 Å². The Morgan fingerprint density at radius 2 is 2.31 bits per heavy atom. The van der Waals surface area contributed by atoms with Crippen molar-refractivity contribution in [1.82, 2.24) is 9.55 Å². The van der Waals surface area contributed by atoms with E-state index in [2.05, 4.69) is 11.6 Å². The summed E-state index contributed by atoms with van der Waals surface area (Å²) in [5.74, 6) is -0.446. The van der Waals surface area contributed by atoms with Crippen LogP contribution in [0.3, 0.4) is 0 Å². The van der Waals surface area contributed by atoms with Gasteiger partial charge in [-0.1, -0.05) is 23.8 Å². The number of hydrogen-bond donors (Lipinski definition) is 1. The Labute approximate surface area is 102 Å². The number of imidazole rings is 1. The van der Waals surface area contributed by atoms with Gasteiger partial charge < -0.3 is 9.55 Å². The van der Waals surface area contributed by atoms with E-state index in [0.717, 1.165) is 11.1 Å².